The van der Waals surface area contributed by atoms with Crippen LogP contribution in [0.5, 0.6) is 0 Å². The predicted octanol–water partition coefficient (Wildman–Crippen LogP) is 0.852. The lowest BCUT2D eigenvalue weighted by Gasteiger charge is -2.27. The van der Waals surface area contributed by atoms with Crippen LogP contribution in [0.4, 0.5) is 0 Å². The first-order chi connectivity index (χ1) is 5.08. The van der Waals surface area contributed by atoms with Crippen LogP contribution in [0, 0.1) is 0 Å². The first kappa shape index (κ1) is 9.36. The molecule has 0 aliphatic carbocycles. The maximum absolute atomic E-state index is 9.38. The highest BCUT2D eigenvalue weighted by molar-refractivity contribution is 8.00. The third-order valence-corrected chi connectivity index (χ3v) is 3.08. The Morgan fingerprint density at radius 1 is 1.55 bits per heavy atom. The van der Waals surface area contributed by atoms with E-state index in [1.165, 1.54) is 11.5 Å². The maximum atomic E-state index is 9.38. The van der Waals surface area contributed by atoms with Crippen molar-refractivity contribution in [3.05, 3.63) is 0 Å². The van der Waals surface area contributed by atoms with Crippen molar-refractivity contribution >= 4 is 11.8 Å². The van der Waals surface area contributed by atoms with E-state index in [1.807, 2.05) is 25.6 Å². The van der Waals surface area contributed by atoms with Crippen LogP contribution in [0.2, 0.25) is 0 Å². The molecule has 0 aromatic carbocycles. The number of aliphatic hydroxyl groups is 1. The molecule has 0 spiro atoms. The SMILES string of the molecule is CC(C)(O)CCNC1CSC1. The lowest BCUT2D eigenvalue weighted by atomic mass is 10.1. The molecule has 0 amide bonds. The van der Waals surface area contributed by atoms with Gasteiger partial charge in [0.15, 0.2) is 0 Å². The third kappa shape index (κ3) is 3.99. The second kappa shape index (κ2) is 3.78. The molecule has 3 heteroatoms. The van der Waals surface area contributed by atoms with Crippen molar-refractivity contribution in [3.8, 4) is 0 Å². The molecule has 1 aliphatic heterocycles. The van der Waals surface area contributed by atoms with Gasteiger partial charge >= 0.3 is 0 Å². The summed E-state index contributed by atoms with van der Waals surface area (Å²) in [5.74, 6) is 2.48. The molecule has 0 saturated carbocycles. The summed E-state index contributed by atoms with van der Waals surface area (Å²) < 4.78 is 0. The summed E-state index contributed by atoms with van der Waals surface area (Å²) in [5, 5.41) is 12.8. The normalized spacial score (nSPS) is 19.9. The molecule has 1 fully saturated rings. The van der Waals surface area contributed by atoms with Crippen LogP contribution in [-0.2, 0) is 0 Å². The molecular weight excluding hydrogens is 158 g/mol. The molecule has 66 valence electrons. The highest BCUT2D eigenvalue weighted by atomic mass is 32.2. The van der Waals surface area contributed by atoms with Crippen LogP contribution >= 0.6 is 11.8 Å². The smallest absolute Gasteiger partial charge is 0.0603 e. The van der Waals surface area contributed by atoms with E-state index in [1.54, 1.807) is 0 Å². The van der Waals surface area contributed by atoms with Crippen molar-refractivity contribution in [1.82, 2.24) is 5.32 Å². The average Bonchev–Trinajstić information content (AvgIpc) is 1.73. The van der Waals surface area contributed by atoms with Crippen molar-refractivity contribution in [2.24, 2.45) is 0 Å². The summed E-state index contributed by atoms with van der Waals surface area (Å²) in [4.78, 5) is 0. The molecule has 11 heavy (non-hydrogen) atoms. The number of rotatable bonds is 4. The van der Waals surface area contributed by atoms with Crippen molar-refractivity contribution < 1.29 is 5.11 Å². The highest BCUT2D eigenvalue weighted by Crippen LogP contribution is 2.17. The second-order valence-electron chi connectivity index (χ2n) is 3.75. The lowest BCUT2D eigenvalue weighted by Crippen LogP contribution is -2.42. The molecule has 2 nitrogen and oxygen atoms in total. The van der Waals surface area contributed by atoms with Gasteiger partial charge in [-0.15, -0.1) is 0 Å². The Labute approximate surface area is 72.8 Å². The van der Waals surface area contributed by atoms with E-state index < -0.39 is 5.60 Å². The summed E-state index contributed by atoms with van der Waals surface area (Å²) in [5.41, 5.74) is -0.510. The number of hydrogen-bond acceptors (Lipinski definition) is 3. The number of thioether (sulfide) groups is 1. The first-order valence-electron chi connectivity index (χ1n) is 4.11. The molecular formula is C8H17NOS. The van der Waals surface area contributed by atoms with Gasteiger partial charge in [0.1, 0.15) is 0 Å². The minimum Gasteiger partial charge on any atom is -0.390 e. The zero-order chi connectivity index (χ0) is 8.32. The van der Waals surface area contributed by atoms with Gasteiger partial charge < -0.3 is 10.4 Å². The maximum Gasteiger partial charge on any atom is 0.0603 e. The van der Waals surface area contributed by atoms with E-state index in [0.717, 1.165) is 13.0 Å². The minimum atomic E-state index is -0.510. The summed E-state index contributed by atoms with van der Waals surface area (Å²) in [6.07, 6.45) is 0.841. The van der Waals surface area contributed by atoms with Crippen LogP contribution in [0.25, 0.3) is 0 Å². The molecule has 0 aromatic rings. The van der Waals surface area contributed by atoms with Crippen molar-refractivity contribution in [1.29, 1.82) is 0 Å². The van der Waals surface area contributed by atoms with E-state index in [9.17, 15) is 5.11 Å². The minimum absolute atomic E-state index is 0.510. The van der Waals surface area contributed by atoms with Crippen LogP contribution in [-0.4, -0.2) is 34.8 Å². The topological polar surface area (TPSA) is 32.3 Å². The molecule has 0 radical (unpaired) electrons. The van der Waals surface area contributed by atoms with Crippen molar-refractivity contribution in [3.63, 3.8) is 0 Å². The molecule has 1 heterocycles. The van der Waals surface area contributed by atoms with Crippen LogP contribution in [0.15, 0.2) is 0 Å². The van der Waals surface area contributed by atoms with Crippen LogP contribution in [0.1, 0.15) is 20.3 Å². The molecule has 1 aliphatic rings. The molecule has 1 saturated heterocycles. The Bertz CT molecular complexity index is 118. The predicted molar refractivity (Wildman–Crippen MR) is 50.0 cm³/mol. The molecule has 0 atom stereocenters. The standard InChI is InChI=1S/C8H17NOS/c1-8(2,10)3-4-9-7-5-11-6-7/h7,9-10H,3-6H2,1-2H3. The molecule has 0 unspecified atom stereocenters. The summed E-state index contributed by atoms with van der Waals surface area (Å²) in [6.45, 7) is 4.64. The Morgan fingerprint density at radius 2 is 2.18 bits per heavy atom. The molecule has 0 aromatic heterocycles. The Kier molecular flexibility index (Phi) is 3.22. The van der Waals surface area contributed by atoms with Crippen LogP contribution < -0.4 is 5.32 Å². The fourth-order valence-corrected chi connectivity index (χ4v) is 1.64. The van der Waals surface area contributed by atoms with Crippen LogP contribution in [0.3, 0.4) is 0 Å². The Balaban J connectivity index is 1.95. The monoisotopic (exact) mass is 175 g/mol. The van der Waals surface area contributed by atoms with Gasteiger partial charge in [0.25, 0.3) is 0 Å². The fraction of sp³-hybridized carbons (Fsp3) is 1.00. The van der Waals surface area contributed by atoms with Gasteiger partial charge in [-0.3, -0.25) is 0 Å². The summed E-state index contributed by atoms with van der Waals surface area (Å²) >= 11 is 1.98. The average molecular weight is 175 g/mol. The van der Waals surface area contributed by atoms with E-state index in [2.05, 4.69) is 5.32 Å². The fourth-order valence-electron chi connectivity index (χ4n) is 0.936. The van der Waals surface area contributed by atoms with Gasteiger partial charge in [-0.25, -0.2) is 0 Å². The third-order valence-electron chi connectivity index (χ3n) is 1.81. The number of hydrogen-bond donors (Lipinski definition) is 2. The molecule has 2 N–H and O–H groups in total. The van der Waals surface area contributed by atoms with Gasteiger partial charge in [0, 0.05) is 17.5 Å². The van der Waals surface area contributed by atoms with Gasteiger partial charge in [0.05, 0.1) is 5.60 Å². The zero-order valence-corrected chi connectivity index (χ0v) is 8.08. The largest absolute Gasteiger partial charge is 0.390 e. The van der Waals surface area contributed by atoms with Gasteiger partial charge in [-0.05, 0) is 26.8 Å². The summed E-state index contributed by atoms with van der Waals surface area (Å²) in [6, 6.07) is 0.711. The second-order valence-corrected chi connectivity index (χ2v) is 4.83. The molecule has 0 bridgehead atoms. The summed E-state index contributed by atoms with van der Waals surface area (Å²) in [7, 11) is 0. The van der Waals surface area contributed by atoms with Gasteiger partial charge in [-0.2, -0.15) is 11.8 Å². The van der Waals surface area contributed by atoms with E-state index in [4.69, 9.17) is 0 Å². The van der Waals surface area contributed by atoms with Crippen molar-refractivity contribution in [2.45, 2.75) is 31.9 Å². The quantitative estimate of drug-likeness (QED) is 0.664. The highest BCUT2D eigenvalue weighted by Gasteiger charge is 2.18. The van der Waals surface area contributed by atoms with E-state index in [0.29, 0.717) is 6.04 Å². The van der Waals surface area contributed by atoms with Gasteiger partial charge in [-0.1, -0.05) is 0 Å². The molecule has 1 rings (SSSR count). The zero-order valence-electron chi connectivity index (χ0n) is 7.26. The number of nitrogens with one attached hydrogen (secondary N) is 1. The Morgan fingerprint density at radius 3 is 2.55 bits per heavy atom. The Hall–Kier alpha value is 0.270. The van der Waals surface area contributed by atoms with E-state index >= 15 is 0 Å². The van der Waals surface area contributed by atoms with Crippen molar-refractivity contribution in [2.75, 3.05) is 18.1 Å². The lowest BCUT2D eigenvalue weighted by molar-refractivity contribution is 0.0707. The van der Waals surface area contributed by atoms with Gasteiger partial charge in [0.2, 0.25) is 0 Å². The van der Waals surface area contributed by atoms with E-state index in [-0.39, 0.29) is 0 Å². The first-order valence-corrected chi connectivity index (χ1v) is 5.27.